The first-order valence-corrected chi connectivity index (χ1v) is 9.70. The summed E-state index contributed by atoms with van der Waals surface area (Å²) in [4.78, 5) is 17.7. The molecule has 4 rings (SSSR count). The molecule has 7 heteroatoms. The molecule has 2 aromatic heterocycles. The number of hydrogen-bond acceptors (Lipinski definition) is 5. The number of fused-ring (bicyclic) bond motifs is 1. The van der Waals surface area contributed by atoms with Gasteiger partial charge in [-0.3, -0.25) is 9.36 Å². The van der Waals surface area contributed by atoms with E-state index < -0.39 is 0 Å². The van der Waals surface area contributed by atoms with Gasteiger partial charge in [-0.2, -0.15) is 5.26 Å². The van der Waals surface area contributed by atoms with Crippen LogP contribution in [0.1, 0.15) is 24.2 Å². The molecule has 2 aromatic carbocycles. The minimum absolute atomic E-state index is 0.214. The number of benzene rings is 2. The Balaban J connectivity index is 1.93. The number of halogens is 1. The van der Waals surface area contributed by atoms with Crippen LogP contribution in [0.2, 0.25) is 5.02 Å². The molecular formula is C23H18ClN5O. The summed E-state index contributed by atoms with van der Waals surface area (Å²) in [5.74, 6) is 0.665. The normalized spacial score (nSPS) is 11.8. The molecule has 4 aromatic rings. The number of nitrogens with one attached hydrogen (secondary N) is 1. The average molecular weight is 416 g/mol. The van der Waals surface area contributed by atoms with Crippen molar-refractivity contribution in [1.82, 2.24) is 9.55 Å². The van der Waals surface area contributed by atoms with Gasteiger partial charge in [0.15, 0.2) is 0 Å². The van der Waals surface area contributed by atoms with Crippen molar-refractivity contribution in [2.24, 2.45) is 0 Å². The lowest BCUT2D eigenvalue weighted by molar-refractivity contribution is 0.773. The predicted octanol–water partition coefficient (Wildman–Crippen LogP) is 4.67. The maximum Gasteiger partial charge on any atom is 0.264 e. The molecule has 0 aliphatic carbocycles. The highest BCUT2D eigenvalue weighted by Crippen LogP contribution is 2.27. The van der Waals surface area contributed by atoms with Gasteiger partial charge in [-0.1, -0.05) is 41.9 Å². The van der Waals surface area contributed by atoms with Crippen LogP contribution in [-0.2, 0) is 0 Å². The third-order valence-electron chi connectivity index (χ3n) is 4.87. The highest BCUT2D eigenvalue weighted by molar-refractivity contribution is 6.35. The Kier molecular flexibility index (Phi) is 5.13. The van der Waals surface area contributed by atoms with Crippen molar-refractivity contribution in [2.45, 2.75) is 13.0 Å². The maximum absolute atomic E-state index is 13.5. The molecule has 1 atom stereocenters. The van der Waals surface area contributed by atoms with Gasteiger partial charge in [-0.25, -0.2) is 4.98 Å². The number of nitrogens with two attached hydrogens (primary N) is 1. The smallest absolute Gasteiger partial charge is 0.264 e. The van der Waals surface area contributed by atoms with Gasteiger partial charge in [-0.05, 0) is 48.7 Å². The van der Waals surface area contributed by atoms with Crippen molar-refractivity contribution >= 4 is 34.0 Å². The van der Waals surface area contributed by atoms with Crippen molar-refractivity contribution in [2.75, 3.05) is 11.1 Å². The number of rotatable bonds is 4. The van der Waals surface area contributed by atoms with Crippen molar-refractivity contribution < 1.29 is 0 Å². The number of nitriles is 1. The fourth-order valence-electron chi connectivity index (χ4n) is 3.46. The monoisotopic (exact) mass is 415 g/mol. The van der Waals surface area contributed by atoms with Crippen LogP contribution in [0, 0.1) is 11.3 Å². The van der Waals surface area contributed by atoms with E-state index in [-0.39, 0.29) is 11.6 Å². The second-order valence-corrected chi connectivity index (χ2v) is 7.27. The van der Waals surface area contributed by atoms with Gasteiger partial charge in [0.25, 0.3) is 5.56 Å². The summed E-state index contributed by atoms with van der Waals surface area (Å²) in [5, 5.41) is 14.2. The third-order valence-corrected chi connectivity index (χ3v) is 5.19. The number of nitrogen functional groups attached to an aromatic ring is 1. The van der Waals surface area contributed by atoms with E-state index in [1.807, 2.05) is 55.5 Å². The standard InChI is InChI=1S/C23H18ClN5O/c1-14(27-22-16(13-25)10-11-20(26)28-22)19-12-15-6-5-9-18(24)21(15)23(30)29(19)17-7-3-2-4-8-17/h2-12,14H,1H3,(H3,26,27,28)/t14-/m0/s1. The van der Waals surface area contributed by atoms with Crippen LogP contribution in [-0.4, -0.2) is 9.55 Å². The van der Waals surface area contributed by atoms with Crippen LogP contribution < -0.4 is 16.6 Å². The van der Waals surface area contributed by atoms with E-state index in [1.165, 1.54) is 0 Å². The zero-order chi connectivity index (χ0) is 21.3. The molecule has 3 N–H and O–H groups in total. The molecule has 0 aliphatic heterocycles. The SMILES string of the molecule is C[C@H](Nc1nc(N)ccc1C#N)c1cc2cccc(Cl)c2c(=O)n1-c1ccccc1. The van der Waals surface area contributed by atoms with Crippen LogP contribution >= 0.6 is 11.6 Å². The Morgan fingerprint density at radius 1 is 1.13 bits per heavy atom. The third kappa shape index (κ3) is 3.47. The van der Waals surface area contributed by atoms with Gasteiger partial charge in [-0.15, -0.1) is 0 Å². The van der Waals surface area contributed by atoms with Gasteiger partial charge in [0.1, 0.15) is 17.7 Å². The summed E-state index contributed by atoms with van der Waals surface area (Å²) >= 11 is 6.35. The molecule has 6 nitrogen and oxygen atoms in total. The molecule has 0 aliphatic rings. The van der Waals surface area contributed by atoms with Gasteiger partial charge in [0.05, 0.1) is 22.0 Å². The van der Waals surface area contributed by atoms with Crippen LogP contribution in [0.15, 0.2) is 71.5 Å². The topological polar surface area (TPSA) is 96.7 Å². The zero-order valence-electron chi connectivity index (χ0n) is 16.1. The van der Waals surface area contributed by atoms with E-state index in [9.17, 15) is 10.1 Å². The Morgan fingerprint density at radius 2 is 1.90 bits per heavy atom. The summed E-state index contributed by atoms with van der Waals surface area (Å²) in [5.41, 5.74) is 7.38. The fourth-order valence-corrected chi connectivity index (χ4v) is 3.72. The van der Waals surface area contributed by atoms with Crippen LogP contribution in [0.4, 0.5) is 11.6 Å². The van der Waals surface area contributed by atoms with Gasteiger partial charge in [0.2, 0.25) is 0 Å². The second-order valence-electron chi connectivity index (χ2n) is 6.86. The Bertz CT molecular complexity index is 1340. The summed E-state index contributed by atoms with van der Waals surface area (Å²) in [7, 11) is 0. The van der Waals surface area contributed by atoms with E-state index >= 15 is 0 Å². The molecule has 0 amide bonds. The molecular weight excluding hydrogens is 398 g/mol. The number of nitrogens with zero attached hydrogens (tertiary/aromatic N) is 3. The molecule has 0 spiro atoms. The molecule has 0 saturated heterocycles. The van der Waals surface area contributed by atoms with Crippen LogP contribution in [0.25, 0.3) is 16.5 Å². The number of para-hydroxylation sites is 1. The average Bonchev–Trinajstić information content (AvgIpc) is 2.74. The summed E-state index contributed by atoms with van der Waals surface area (Å²) in [6.45, 7) is 1.90. The molecule has 0 bridgehead atoms. The lowest BCUT2D eigenvalue weighted by Crippen LogP contribution is -2.26. The minimum atomic E-state index is -0.359. The quantitative estimate of drug-likeness (QED) is 0.505. The summed E-state index contributed by atoms with van der Waals surface area (Å²) < 4.78 is 1.63. The molecule has 0 fully saturated rings. The second kappa shape index (κ2) is 7.90. The predicted molar refractivity (Wildman–Crippen MR) is 120 cm³/mol. The fraction of sp³-hybridized carbons (Fsp3) is 0.0870. The highest BCUT2D eigenvalue weighted by Gasteiger charge is 2.19. The molecule has 0 saturated carbocycles. The van der Waals surface area contributed by atoms with Gasteiger partial charge < -0.3 is 11.1 Å². The van der Waals surface area contributed by atoms with E-state index in [4.69, 9.17) is 17.3 Å². The van der Waals surface area contributed by atoms with Crippen molar-refractivity contribution in [3.63, 3.8) is 0 Å². The van der Waals surface area contributed by atoms with Crippen LogP contribution in [0.5, 0.6) is 0 Å². The lowest BCUT2D eigenvalue weighted by Gasteiger charge is -2.22. The highest BCUT2D eigenvalue weighted by atomic mass is 35.5. The number of aromatic nitrogens is 2. The number of hydrogen-bond donors (Lipinski definition) is 2. The van der Waals surface area contributed by atoms with E-state index in [0.717, 1.165) is 5.39 Å². The summed E-state index contributed by atoms with van der Waals surface area (Å²) in [6.07, 6.45) is 0. The maximum atomic E-state index is 13.5. The van der Waals surface area contributed by atoms with E-state index in [1.54, 1.807) is 22.8 Å². The summed E-state index contributed by atoms with van der Waals surface area (Å²) in [6, 6.07) is 21.6. The largest absolute Gasteiger partial charge is 0.384 e. The molecule has 0 unspecified atom stereocenters. The molecule has 0 radical (unpaired) electrons. The molecule has 2 heterocycles. The van der Waals surface area contributed by atoms with Crippen molar-refractivity contribution in [3.8, 4) is 11.8 Å². The minimum Gasteiger partial charge on any atom is -0.384 e. The van der Waals surface area contributed by atoms with E-state index in [2.05, 4.69) is 16.4 Å². The molecule has 148 valence electrons. The Labute approximate surface area is 178 Å². The zero-order valence-corrected chi connectivity index (χ0v) is 16.9. The van der Waals surface area contributed by atoms with Crippen LogP contribution in [0.3, 0.4) is 0 Å². The first-order chi connectivity index (χ1) is 14.5. The van der Waals surface area contributed by atoms with Crippen molar-refractivity contribution in [3.05, 3.63) is 93.4 Å². The first-order valence-electron chi connectivity index (χ1n) is 9.32. The van der Waals surface area contributed by atoms with Crippen molar-refractivity contribution in [1.29, 1.82) is 5.26 Å². The Hall–Kier alpha value is -3.82. The van der Waals surface area contributed by atoms with Gasteiger partial charge >= 0.3 is 0 Å². The number of pyridine rings is 2. The van der Waals surface area contributed by atoms with Gasteiger partial charge in [0, 0.05) is 11.4 Å². The van der Waals surface area contributed by atoms with E-state index in [0.29, 0.717) is 39.0 Å². The Morgan fingerprint density at radius 3 is 2.63 bits per heavy atom. The first kappa shape index (κ1) is 19.5. The molecule has 30 heavy (non-hydrogen) atoms. The number of anilines is 2. The lowest BCUT2D eigenvalue weighted by atomic mass is 10.1.